The SMILES string of the molecule is CCN(CC)CCNC1(CO)CCCC(C(C)C)C1. The molecule has 0 radical (unpaired) electrons. The van der Waals surface area contributed by atoms with E-state index in [1.165, 1.54) is 12.8 Å². The predicted molar refractivity (Wildman–Crippen MR) is 82.4 cm³/mol. The molecule has 2 N–H and O–H groups in total. The summed E-state index contributed by atoms with van der Waals surface area (Å²) < 4.78 is 0. The monoisotopic (exact) mass is 270 g/mol. The van der Waals surface area contributed by atoms with E-state index in [9.17, 15) is 5.11 Å². The Morgan fingerprint density at radius 2 is 2.00 bits per heavy atom. The molecule has 1 saturated carbocycles. The van der Waals surface area contributed by atoms with E-state index in [2.05, 4.69) is 37.9 Å². The van der Waals surface area contributed by atoms with Crippen LogP contribution in [-0.2, 0) is 0 Å². The normalized spacial score (nSPS) is 28.3. The molecule has 0 aromatic carbocycles. The number of hydrogen-bond donors (Lipinski definition) is 2. The van der Waals surface area contributed by atoms with Crippen LogP contribution >= 0.6 is 0 Å². The highest BCUT2D eigenvalue weighted by molar-refractivity contribution is 4.94. The number of aliphatic hydroxyl groups excluding tert-OH is 1. The van der Waals surface area contributed by atoms with Crippen LogP contribution in [0, 0.1) is 11.8 Å². The molecule has 0 spiro atoms. The summed E-state index contributed by atoms with van der Waals surface area (Å²) in [6.45, 7) is 13.6. The summed E-state index contributed by atoms with van der Waals surface area (Å²) in [4.78, 5) is 2.43. The Labute approximate surface area is 119 Å². The standard InChI is InChI=1S/C16H34N2O/c1-5-18(6-2)11-10-17-16(13-19)9-7-8-15(12-16)14(3)4/h14-15,17,19H,5-13H2,1-4H3. The molecular formula is C16H34N2O. The first-order chi connectivity index (χ1) is 9.06. The van der Waals surface area contributed by atoms with Crippen LogP contribution < -0.4 is 5.32 Å². The van der Waals surface area contributed by atoms with Gasteiger partial charge in [0.1, 0.15) is 0 Å². The van der Waals surface area contributed by atoms with Crippen LogP contribution in [0.5, 0.6) is 0 Å². The van der Waals surface area contributed by atoms with Crippen molar-refractivity contribution in [1.82, 2.24) is 10.2 Å². The molecule has 0 aromatic heterocycles. The van der Waals surface area contributed by atoms with Crippen LogP contribution in [0.3, 0.4) is 0 Å². The minimum Gasteiger partial charge on any atom is -0.394 e. The zero-order valence-electron chi connectivity index (χ0n) is 13.4. The molecule has 3 heteroatoms. The lowest BCUT2D eigenvalue weighted by atomic mass is 9.72. The second-order valence-corrected chi connectivity index (χ2v) is 6.49. The molecule has 1 rings (SSSR count). The van der Waals surface area contributed by atoms with Crippen LogP contribution in [0.4, 0.5) is 0 Å². The van der Waals surface area contributed by atoms with E-state index >= 15 is 0 Å². The maximum absolute atomic E-state index is 9.84. The van der Waals surface area contributed by atoms with Gasteiger partial charge in [-0.2, -0.15) is 0 Å². The van der Waals surface area contributed by atoms with Crippen molar-refractivity contribution >= 4 is 0 Å². The van der Waals surface area contributed by atoms with Gasteiger partial charge in [0.05, 0.1) is 6.61 Å². The van der Waals surface area contributed by atoms with Crippen LogP contribution in [0.25, 0.3) is 0 Å². The Morgan fingerprint density at radius 1 is 1.32 bits per heavy atom. The van der Waals surface area contributed by atoms with Gasteiger partial charge in [0, 0.05) is 18.6 Å². The van der Waals surface area contributed by atoms with E-state index in [0.717, 1.165) is 50.9 Å². The first-order valence-corrected chi connectivity index (χ1v) is 8.15. The van der Waals surface area contributed by atoms with Crippen molar-refractivity contribution in [2.45, 2.75) is 58.9 Å². The first-order valence-electron chi connectivity index (χ1n) is 8.15. The fraction of sp³-hybridized carbons (Fsp3) is 1.00. The molecule has 2 atom stereocenters. The highest BCUT2D eigenvalue weighted by Gasteiger charge is 2.36. The molecule has 19 heavy (non-hydrogen) atoms. The molecule has 1 fully saturated rings. The van der Waals surface area contributed by atoms with Gasteiger partial charge in [0.15, 0.2) is 0 Å². The Morgan fingerprint density at radius 3 is 2.53 bits per heavy atom. The van der Waals surface area contributed by atoms with Crippen LogP contribution in [0.15, 0.2) is 0 Å². The van der Waals surface area contributed by atoms with Gasteiger partial charge < -0.3 is 15.3 Å². The van der Waals surface area contributed by atoms with Gasteiger partial charge in [-0.25, -0.2) is 0 Å². The number of rotatable bonds is 8. The zero-order valence-corrected chi connectivity index (χ0v) is 13.4. The van der Waals surface area contributed by atoms with E-state index in [4.69, 9.17) is 0 Å². The Kier molecular flexibility index (Phi) is 7.33. The lowest BCUT2D eigenvalue weighted by Gasteiger charge is -2.42. The smallest absolute Gasteiger partial charge is 0.0613 e. The average molecular weight is 270 g/mol. The van der Waals surface area contributed by atoms with E-state index in [1.807, 2.05) is 0 Å². The van der Waals surface area contributed by atoms with Gasteiger partial charge in [-0.05, 0) is 37.8 Å². The van der Waals surface area contributed by atoms with E-state index < -0.39 is 0 Å². The van der Waals surface area contributed by atoms with Gasteiger partial charge >= 0.3 is 0 Å². The molecule has 0 bridgehead atoms. The van der Waals surface area contributed by atoms with Gasteiger partial charge in [-0.3, -0.25) is 0 Å². The number of likely N-dealkylation sites (N-methyl/N-ethyl adjacent to an activating group) is 1. The maximum Gasteiger partial charge on any atom is 0.0613 e. The summed E-state index contributed by atoms with van der Waals surface area (Å²) in [5.41, 5.74) is -0.0136. The van der Waals surface area contributed by atoms with Gasteiger partial charge in [-0.1, -0.05) is 40.5 Å². The third kappa shape index (κ3) is 5.05. The highest BCUT2D eigenvalue weighted by Crippen LogP contribution is 2.36. The number of nitrogens with zero attached hydrogens (tertiary/aromatic N) is 1. The Bertz CT molecular complexity index is 241. The second kappa shape index (κ2) is 8.23. The molecule has 3 nitrogen and oxygen atoms in total. The van der Waals surface area contributed by atoms with Crippen molar-refractivity contribution in [2.75, 3.05) is 32.8 Å². The van der Waals surface area contributed by atoms with Crippen LogP contribution in [0.2, 0.25) is 0 Å². The van der Waals surface area contributed by atoms with Crippen molar-refractivity contribution in [3.05, 3.63) is 0 Å². The average Bonchev–Trinajstić information content (AvgIpc) is 2.44. The topological polar surface area (TPSA) is 35.5 Å². The molecule has 0 aliphatic heterocycles. The van der Waals surface area contributed by atoms with E-state index in [1.54, 1.807) is 0 Å². The molecule has 0 aromatic rings. The predicted octanol–water partition coefficient (Wildman–Crippen LogP) is 2.50. The van der Waals surface area contributed by atoms with Crippen molar-refractivity contribution in [3.63, 3.8) is 0 Å². The molecule has 0 heterocycles. The summed E-state index contributed by atoms with van der Waals surface area (Å²) in [6, 6.07) is 0. The molecule has 114 valence electrons. The van der Waals surface area contributed by atoms with Crippen LogP contribution in [-0.4, -0.2) is 48.3 Å². The third-order valence-corrected chi connectivity index (χ3v) is 4.95. The summed E-state index contributed by atoms with van der Waals surface area (Å²) in [7, 11) is 0. The number of hydrogen-bond acceptors (Lipinski definition) is 3. The lowest BCUT2D eigenvalue weighted by Crippen LogP contribution is -2.54. The minimum atomic E-state index is -0.0136. The molecule has 1 aliphatic rings. The quantitative estimate of drug-likeness (QED) is 0.711. The van der Waals surface area contributed by atoms with Crippen molar-refractivity contribution < 1.29 is 5.11 Å². The van der Waals surface area contributed by atoms with Crippen molar-refractivity contribution in [2.24, 2.45) is 11.8 Å². The van der Waals surface area contributed by atoms with Crippen molar-refractivity contribution in [3.8, 4) is 0 Å². The number of nitrogens with one attached hydrogen (secondary N) is 1. The largest absolute Gasteiger partial charge is 0.394 e. The molecular weight excluding hydrogens is 236 g/mol. The molecule has 2 unspecified atom stereocenters. The molecule has 0 saturated heterocycles. The zero-order chi connectivity index (χ0) is 14.3. The molecule has 1 aliphatic carbocycles. The Balaban J connectivity index is 2.46. The second-order valence-electron chi connectivity index (χ2n) is 6.49. The first kappa shape index (κ1) is 16.9. The lowest BCUT2D eigenvalue weighted by molar-refractivity contribution is 0.0789. The van der Waals surface area contributed by atoms with Gasteiger partial charge in [-0.15, -0.1) is 0 Å². The van der Waals surface area contributed by atoms with Crippen molar-refractivity contribution in [1.29, 1.82) is 0 Å². The Hall–Kier alpha value is -0.120. The fourth-order valence-corrected chi connectivity index (χ4v) is 3.36. The minimum absolute atomic E-state index is 0.0136. The van der Waals surface area contributed by atoms with E-state index in [-0.39, 0.29) is 12.1 Å². The van der Waals surface area contributed by atoms with E-state index in [0.29, 0.717) is 0 Å². The van der Waals surface area contributed by atoms with Gasteiger partial charge in [0.2, 0.25) is 0 Å². The summed E-state index contributed by atoms with van der Waals surface area (Å²) in [6.07, 6.45) is 4.85. The molecule has 0 amide bonds. The summed E-state index contributed by atoms with van der Waals surface area (Å²) >= 11 is 0. The fourth-order valence-electron chi connectivity index (χ4n) is 3.36. The summed E-state index contributed by atoms with van der Waals surface area (Å²) in [5.74, 6) is 1.50. The highest BCUT2D eigenvalue weighted by atomic mass is 16.3. The van der Waals surface area contributed by atoms with Gasteiger partial charge in [0.25, 0.3) is 0 Å². The summed E-state index contributed by atoms with van der Waals surface area (Å²) in [5, 5.41) is 13.5. The third-order valence-electron chi connectivity index (χ3n) is 4.95. The number of aliphatic hydroxyl groups is 1. The van der Waals surface area contributed by atoms with Crippen LogP contribution in [0.1, 0.15) is 53.4 Å². The maximum atomic E-state index is 9.84.